The summed E-state index contributed by atoms with van der Waals surface area (Å²) < 4.78 is 5.75. The van der Waals surface area contributed by atoms with Crippen LogP contribution in [0.5, 0.6) is 0 Å². The first-order chi connectivity index (χ1) is 10.1. The number of fused-ring (bicyclic) bond motifs is 1. The summed E-state index contributed by atoms with van der Waals surface area (Å²) in [6.07, 6.45) is 0.360. The lowest BCUT2D eigenvalue weighted by Gasteiger charge is -2.10. The lowest BCUT2D eigenvalue weighted by Crippen LogP contribution is -2.03. The molecule has 2 heteroatoms. The van der Waals surface area contributed by atoms with E-state index in [2.05, 4.69) is 36.4 Å². The van der Waals surface area contributed by atoms with Gasteiger partial charge in [-0.2, -0.15) is 0 Å². The lowest BCUT2D eigenvalue weighted by molar-refractivity contribution is 0.104. The molecule has 0 saturated carbocycles. The summed E-state index contributed by atoms with van der Waals surface area (Å²) in [5.41, 5.74) is 3.38. The second-order valence-electron chi connectivity index (χ2n) is 5.87. The maximum absolute atomic E-state index is 10.1. The zero-order valence-corrected chi connectivity index (χ0v) is 12.4. The van der Waals surface area contributed by atoms with Crippen molar-refractivity contribution in [1.29, 1.82) is 0 Å². The molecule has 108 valence electrons. The summed E-state index contributed by atoms with van der Waals surface area (Å²) >= 11 is 0. The van der Waals surface area contributed by atoms with Gasteiger partial charge in [-0.25, -0.2) is 0 Å². The van der Waals surface area contributed by atoms with Gasteiger partial charge in [-0.05, 0) is 41.7 Å². The standard InChI is InChI=1S/C19H20O2/c1-13(2)19(20)18-12-16-11-15(8-9-17(16)21-18)10-14-6-4-3-5-7-14/h3-9,11-13,19-20H,10H2,1-2H3. The molecule has 3 rings (SSSR count). The molecular weight excluding hydrogens is 260 g/mol. The fourth-order valence-corrected chi connectivity index (χ4v) is 2.53. The smallest absolute Gasteiger partial charge is 0.134 e. The summed E-state index contributed by atoms with van der Waals surface area (Å²) in [5.74, 6) is 0.797. The minimum absolute atomic E-state index is 0.148. The minimum atomic E-state index is -0.546. The Hall–Kier alpha value is -2.06. The molecule has 0 bridgehead atoms. The molecule has 2 aromatic carbocycles. The van der Waals surface area contributed by atoms with Gasteiger partial charge in [0.2, 0.25) is 0 Å². The molecule has 2 nitrogen and oxygen atoms in total. The van der Waals surface area contributed by atoms with Gasteiger partial charge in [-0.15, -0.1) is 0 Å². The van der Waals surface area contributed by atoms with Gasteiger partial charge in [0, 0.05) is 5.39 Å². The summed E-state index contributed by atoms with van der Waals surface area (Å²) in [5, 5.41) is 11.2. The van der Waals surface area contributed by atoms with Crippen LogP contribution in [0.25, 0.3) is 11.0 Å². The SMILES string of the molecule is CC(C)C(O)c1cc2cc(Cc3ccccc3)ccc2o1. The maximum Gasteiger partial charge on any atom is 0.134 e. The highest BCUT2D eigenvalue weighted by molar-refractivity contribution is 5.79. The van der Waals surface area contributed by atoms with Gasteiger partial charge in [0.05, 0.1) is 0 Å². The van der Waals surface area contributed by atoms with Gasteiger partial charge < -0.3 is 9.52 Å². The average molecular weight is 280 g/mol. The van der Waals surface area contributed by atoms with Crippen molar-refractivity contribution in [1.82, 2.24) is 0 Å². The minimum Gasteiger partial charge on any atom is -0.458 e. The molecule has 1 aromatic heterocycles. The molecule has 0 aliphatic heterocycles. The topological polar surface area (TPSA) is 33.4 Å². The first-order valence-corrected chi connectivity index (χ1v) is 7.38. The van der Waals surface area contributed by atoms with E-state index in [1.807, 2.05) is 32.0 Å². The predicted molar refractivity (Wildman–Crippen MR) is 85.3 cm³/mol. The number of rotatable bonds is 4. The molecule has 21 heavy (non-hydrogen) atoms. The van der Waals surface area contributed by atoms with Crippen LogP contribution in [0.4, 0.5) is 0 Å². The van der Waals surface area contributed by atoms with Crippen LogP contribution in [-0.2, 0) is 6.42 Å². The number of hydrogen-bond donors (Lipinski definition) is 1. The highest BCUT2D eigenvalue weighted by atomic mass is 16.4. The van der Waals surface area contributed by atoms with Crippen molar-refractivity contribution in [2.24, 2.45) is 5.92 Å². The van der Waals surface area contributed by atoms with E-state index in [4.69, 9.17) is 4.42 Å². The molecule has 0 aliphatic carbocycles. The molecule has 0 fully saturated rings. The van der Waals surface area contributed by atoms with E-state index >= 15 is 0 Å². The van der Waals surface area contributed by atoms with Crippen molar-refractivity contribution in [3.8, 4) is 0 Å². The van der Waals surface area contributed by atoms with Crippen LogP contribution in [0.3, 0.4) is 0 Å². The predicted octanol–water partition coefficient (Wildman–Crippen LogP) is 4.71. The summed E-state index contributed by atoms with van der Waals surface area (Å²) in [4.78, 5) is 0. The van der Waals surface area contributed by atoms with Crippen molar-refractivity contribution < 1.29 is 9.52 Å². The van der Waals surface area contributed by atoms with E-state index in [0.29, 0.717) is 5.76 Å². The monoisotopic (exact) mass is 280 g/mol. The van der Waals surface area contributed by atoms with Crippen molar-refractivity contribution in [3.63, 3.8) is 0 Å². The van der Waals surface area contributed by atoms with E-state index in [0.717, 1.165) is 17.4 Å². The summed E-state index contributed by atoms with van der Waals surface area (Å²) in [6.45, 7) is 3.97. The van der Waals surface area contributed by atoms with E-state index in [1.165, 1.54) is 11.1 Å². The molecule has 0 aliphatic rings. The third kappa shape index (κ3) is 3.01. The normalized spacial score (nSPS) is 13.0. The Labute approximate surface area is 125 Å². The Kier molecular flexibility index (Phi) is 3.80. The zero-order chi connectivity index (χ0) is 14.8. The number of hydrogen-bond acceptors (Lipinski definition) is 2. The Morgan fingerprint density at radius 2 is 1.71 bits per heavy atom. The third-order valence-electron chi connectivity index (χ3n) is 3.77. The summed E-state index contributed by atoms with van der Waals surface area (Å²) in [7, 11) is 0. The van der Waals surface area contributed by atoms with E-state index in [1.54, 1.807) is 0 Å². The molecule has 0 saturated heterocycles. The molecule has 1 N–H and O–H groups in total. The fourth-order valence-electron chi connectivity index (χ4n) is 2.53. The number of aliphatic hydroxyl groups is 1. The van der Waals surface area contributed by atoms with Crippen LogP contribution in [0, 0.1) is 5.92 Å². The fraction of sp³-hybridized carbons (Fsp3) is 0.263. The van der Waals surface area contributed by atoms with Gasteiger partial charge >= 0.3 is 0 Å². The molecular formula is C19H20O2. The molecule has 1 unspecified atom stereocenters. The number of furan rings is 1. The highest BCUT2D eigenvalue weighted by Crippen LogP contribution is 2.29. The molecule has 0 radical (unpaired) electrons. The average Bonchev–Trinajstić information content (AvgIpc) is 2.90. The molecule has 0 spiro atoms. The number of benzene rings is 2. The quantitative estimate of drug-likeness (QED) is 0.750. The third-order valence-corrected chi connectivity index (χ3v) is 3.77. The molecule has 1 atom stereocenters. The Morgan fingerprint density at radius 3 is 2.43 bits per heavy atom. The lowest BCUT2D eigenvalue weighted by atomic mass is 10.0. The van der Waals surface area contributed by atoms with Crippen molar-refractivity contribution in [2.45, 2.75) is 26.4 Å². The van der Waals surface area contributed by atoms with Gasteiger partial charge in [-0.3, -0.25) is 0 Å². The Bertz CT molecular complexity index is 726. The Morgan fingerprint density at radius 1 is 0.952 bits per heavy atom. The van der Waals surface area contributed by atoms with Crippen LogP contribution in [0.2, 0.25) is 0 Å². The highest BCUT2D eigenvalue weighted by Gasteiger charge is 2.16. The van der Waals surface area contributed by atoms with E-state index in [9.17, 15) is 5.11 Å². The van der Waals surface area contributed by atoms with Gasteiger partial charge in [0.15, 0.2) is 0 Å². The van der Waals surface area contributed by atoms with Crippen molar-refractivity contribution in [2.75, 3.05) is 0 Å². The van der Waals surface area contributed by atoms with Gasteiger partial charge in [-0.1, -0.05) is 50.2 Å². The van der Waals surface area contributed by atoms with Crippen LogP contribution in [-0.4, -0.2) is 5.11 Å². The molecule has 0 amide bonds. The van der Waals surface area contributed by atoms with E-state index in [-0.39, 0.29) is 5.92 Å². The van der Waals surface area contributed by atoms with E-state index < -0.39 is 6.10 Å². The van der Waals surface area contributed by atoms with Crippen LogP contribution in [0.1, 0.15) is 36.8 Å². The molecule has 1 heterocycles. The van der Waals surface area contributed by atoms with Gasteiger partial charge in [0.1, 0.15) is 17.4 Å². The van der Waals surface area contributed by atoms with Gasteiger partial charge in [0.25, 0.3) is 0 Å². The largest absolute Gasteiger partial charge is 0.458 e. The first-order valence-electron chi connectivity index (χ1n) is 7.38. The Balaban J connectivity index is 1.90. The second-order valence-corrected chi connectivity index (χ2v) is 5.87. The second kappa shape index (κ2) is 5.74. The number of aliphatic hydroxyl groups excluding tert-OH is 1. The molecule has 3 aromatic rings. The maximum atomic E-state index is 10.1. The van der Waals surface area contributed by atoms with Crippen molar-refractivity contribution >= 4 is 11.0 Å². The summed E-state index contributed by atoms with van der Waals surface area (Å²) in [6, 6.07) is 18.6. The van der Waals surface area contributed by atoms with Crippen LogP contribution < -0.4 is 0 Å². The first kappa shape index (κ1) is 13.9. The zero-order valence-electron chi connectivity index (χ0n) is 12.4. The van der Waals surface area contributed by atoms with Crippen LogP contribution in [0.15, 0.2) is 59.0 Å². The van der Waals surface area contributed by atoms with Crippen LogP contribution >= 0.6 is 0 Å². The van der Waals surface area contributed by atoms with Crippen molar-refractivity contribution in [3.05, 3.63) is 71.5 Å².